The largest absolute Gasteiger partial charge is 0.310 e. The van der Waals surface area contributed by atoms with E-state index in [1.165, 1.54) is 12.1 Å². The number of nitro groups is 1. The molecule has 1 atom stereocenters. The number of benzene rings is 2. The molecule has 4 rings (SSSR count). The summed E-state index contributed by atoms with van der Waals surface area (Å²) in [6.45, 7) is 1.99. The average molecular weight is 408 g/mol. The molecule has 0 saturated carbocycles. The second kappa shape index (κ2) is 8.08. The summed E-state index contributed by atoms with van der Waals surface area (Å²) in [4.78, 5) is 23.6. The molecule has 29 heavy (non-hydrogen) atoms. The van der Waals surface area contributed by atoms with E-state index in [9.17, 15) is 14.9 Å². The van der Waals surface area contributed by atoms with Crippen LogP contribution < -0.4 is 5.32 Å². The summed E-state index contributed by atoms with van der Waals surface area (Å²) in [6.07, 6.45) is 0.679. The van der Waals surface area contributed by atoms with Crippen molar-refractivity contribution in [1.82, 2.24) is 9.78 Å². The number of nitro benzene ring substituents is 1. The quantitative estimate of drug-likeness (QED) is 0.473. The minimum atomic E-state index is -0.433. The third-order valence-electron chi connectivity index (χ3n) is 5.03. The van der Waals surface area contributed by atoms with Gasteiger partial charge < -0.3 is 5.32 Å². The zero-order chi connectivity index (χ0) is 20.4. The van der Waals surface area contributed by atoms with Gasteiger partial charge in [-0.25, -0.2) is 4.68 Å². The Labute approximate surface area is 172 Å². The van der Waals surface area contributed by atoms with E-state index in [4.69, 9.17) is 0 Å². The Morgan fingerprint density at radius 3 is 2.59 bits per heavy atom. The molecule has 0 radical (unpaired) electrons. The zero-order valence-electron chi connectivity index (χ0n) is 15.9. The van der Waals surface area contributed by atoms with E-state index in [0.717, 1.165) is 28.3 Å². The van der Waals surface area contributed by atoms with Crippen molar-refractivity contribution in [2.24, 2.45) is 0 Å². The van der Waals surface area contributed by atoms with Crippen molar-refractivity contribution in [3.63, 3.8) is 0 Å². The maximum absolute atomic E-state index is 13.1. The van der Waals surface area contributed by atoms with E-state index >= 15 is 0 Å². The summed E-state index contributed by atoms with van der Waals surface area (Å²) >= 11 is 1.76. The number of non-ortho nitro benzene ring substituents is 1. The maximum atomic E-state index is 13.1. The Bertz CT molecular complexity index is 1050. The van der Waals surface area contributed by atoms with E-state index in [1.54, 1.807) is 28.6 Å². The molecule has 148 valence electrons. The third-order valence-corrected chi connectivity index (χ3v) is 6.00. The van der Waals surface area contributed by atoms with Gasteiger partial charge in [0.1, 0.15) is 5.82 Å². The van der Waals surface area contributed by atoms with Gasteiger partial charge >= 0.3 is 0 Å². The number of thioether (sulfide) groups is 1. The van der Waals surface area contributed by atoms with E-state index in [-0.39, 0.29) is 17.5 Å². The molecule has 0 saturated heterocycles. The van der Waals surface area contributed by atoms with Crippen molar-refractivity contribution < 1.29 is 9.72 Å². The first-order valence-corrected chi connectivity index (χ1v) is 10.5. The maximum Gasteiger partial charge on any atom is 0.269 e. The number of nitrogens with one attached hydrogen (secondary N) is 1. The van der Waals surface area contributed by atoms with Gasteiger partial charge in [0.05, 0.1) is 22.2 Å². The fourth-order valence-corrected chi connectivity index (χ4v) is 4.54. The number of hydrogen-bond acceptors (Lipinski definition) is 5. The number of nitrogens with zero attached hydrogens (tertiary/aromatic N) is 3. The molecule has 0 fully saturated rings. The highest BCUT2D eigenvalue weighted by Gasteiger charge is 2.27. The summed E-state index contributed by atoms with van der Waals surface area (Å²) in [7, 11) is 0. The lowest BCUT2D eigenvalue weighted by atomic mass is 9.95. The van der Waals surface area contributed by atoms with Gasteiger partial charge in [-0.15, -0.1) is 0 Å². The molecule has 0 spiro atoms. The molecule has 0 aliphatic carbocycles. The number of carbonyl (C=O) groups excluding carboxylic acids is 1. The number of hydrogen-bond donors (Lipinski definition) is 1. The predicted molar refractivity (Wildman–Crippen MR) is 113 cm³/mol. The van der Waals surface area contributed by atoms with Gasteiger partial charge in [-0.1, -0.05) is 37.3 Å². The Balaban J connectivity index is 1.68. The number of rotatable bonds is 6. The van der Waals surface area contributed by atoms with Crippen LogP contribution in [0.1, 0.15) is 36.1 Å². The Morgan fingerprint density at radius 2 is 1.93 bits per heavy atom. The van der Waals surface area contributed by atoms with Crippen molar-refractivity contribution >= 4 is 29.2 Å². The lowest BCUT2D eigenvalue weighted by molar-refractivity contribution is -0.384. The topological polar surface area (TPSA) is 90.1 Å². The number of aromatic nitrogens is 2. The Kier molecular flexibility index (Phi) is 5.35. The van der Waals surface area contributed by atoms with Crippen LogP contribution in [0.15, 0.2) is 54.6 Å². The lowest BCUT2D eigenvalue weighted by Gasteiger charge is -2.17. The molecular weight excluding hydrogens is 388 g/mol. The summed E-state index contributed by atoms with van der Waals surface area (Å²) in [6, 6.07) is 15.9. The molecule has 2 aromatic carbocycles. The van der Waals surface area contributed by atoms with E-state index < -0.39 is 4.92 Å². The smallest absolute Gasteiger partial charge is 0.269 e. The molecule has 7 nitrogen and oxygen atoms in total. The van der Waals surface area contributed by atoms with Gasteiger partial charge in [-0.05, 0) is 24.1 Å². The molecule has 1 amide bonds. The fourth-order valence-electron chi connectivity index (χ4n) is 3.51. The highest BCUT2D eigenvalue weighted by Crippen LogP contribution is 2.37. The molecular formula is C21H20N4O3S. The number of amides is 1. The van der Waals surface area contributed by atoms with Crippen molar-refractivity contribution in [1.29, 1.82) is 0 Å². The number of fused-ring (bicyclic) bond motifs is 1. The van der Waals surface area contributed by atoms with Crippen LogP contribution in [0.2, 0.25) is 0 Å². The molecule has 1 aliphatic heterocycles. The third kappa shape index (κ3) is 3.75. The van der Waals surface area contributed by atoms with E-state index in [2.05, 4.69) is 10.4 Å². The Morgan fingerprint density at radius 1 is 1.21 bits per heavy atom. The molecule has 0 unspecified atom stereocenters. The van der Waals surface area contributed by atoms with Crippen molar-refractivity contribution in [3.05, 3.63) is 81.5 Å². The van der Waals surface area contributed by atoms with Gasteiger partial charge in [0, 0.05) is 29.2 Å². The second-order valence-electron chi connectivity index (χ2n) is 6.81. The van der Waals surface area contributed by atoms with Gasteiger partial charge in [0.2, 0.25) is 5.91 Å². The molecule has 3 aromatic rings. The van der Waals surface area contributed by atoms with Crippen molar-refractivity contribution in [2.75, 3.05) is 5.32 Å². The predicted octanol–water partition coefficient (Wildman–Crippen LogP) is 4.66. The van der Waals surface area contributed by atoms with Crippen molar-refractivity contribution in [3.8, 4) is 5.69 Å². The molecule has 8 heteroatoms. The van der Waals surface area contributed by atoms with Crippen LogP contribution >= 0.6 is 11.8 Å². The van der Waals surface area contributed by atoms with Crippen LogP contribution in [0.4, 0.5) is 11.5 Å². The summed E-state index contributed by atoms with van der Waals surface area (Å²) in [5.41, 5.74) is 3.63. The van der Waals surface area contributed by atoms with Crippen LogP contribution in [0.3, 0.4) is 0 Å². The van der Waals surface area contributed by atoms with Gasteiger partial charge in [-0.2, -0.15) is 16.9 Å². The average Bonchev–Trinajstić information content (AvgIpc) is 3.32. The zero-order valence-corrected chi connectivity index (χ0v) is 16.7. The minimum absolute atomic E-state index is 0.0183. The van der Waals surface area contributed by atoms with Crippen LogP contribution in [0.25, 0.3) is 5.69 Å². The summed E-state index contributed by atoms with van der Waals surface area (Å²) in [5.74, 6) is 1.87. The molecule has 0 bridgehead atoms. The van der Waals surface area contributed by atoms with Crippen molar-refractivity contribution in [2.45, 2.75) is 30.8 Å². The first-order valence-electron chi connectivity index (χ1n) is 9.37. The number of anilines is 1. The Hall–Kier alpha value is -3.13. The molecule has 1 N–H and O–H groups in total. The first-order chi connectivity index (χ1) is 14.1. The van der Waals surface area contributed by atoms with Crippen LogP contribution in [0.5, 0.6) is 0 Å². The second-order valence-corrected chi connectivity index (χ2v) is 7.80. The minimum Gasteiger partial charge on any atom is -0.310 e. The number of carbonyl (C=O) groups is 1. The van der Waals surface area contributed by atoms with Gasteiger partial charge in [0.25, 0.3) is 5.69 Å². The highest BCUT2D eigenvalue weighted by atomic mass is 32.2. The summed E-state index contributed by atoms with van der Waals surface area (Å²) in [5, 5.41) is 18.7. The fraction of sp³-hybridized carbons (Fsp3) is 0.238. The van der Waals surface area contributed by atoms with E-state index in [0.29, 0.717) is 17.9 Å². The lowest BCUT2D eigenvalue weighted by Crippen LogP contribution is -2.23. The van der Waals surface area contributed by atoms with Crippen LogP contribution in [0, 0.1) is 10.1 Å². The highest BCUT2D eigenvalue weighted by molar-refractivity contribution is 7.98. The first kappa shape index (κ1) is 19.2. The van der Waals surface area contributed by atoms with Crippen LogP contribution in [-0.4, -0.2) is 20.6 Å². The SMILES string of the molecule is CC[C@@H](C(=O)Nc1c2c(nn1-c1ccc([N+](=O)[O-])cc1)CSC2)c1ccccc1. The molecule has 2 heterocycles. The standard InChI is InChI=1S/C21H20N4O3S/c1-2-17(14-6-4-3-5-7-14)21(26)22-20-18-12-29-13-19(18)23-24(20)15-8-10-16(11-9-15)25(27)28/h3-11,17H,2,12-13H2,1H3,(H,22,26)/t17-/m1/s1. The van der Waals surface area contributed by atoms with Gasteiger partial charge in [0.15, 0.2) is 0 Å². The summed E-state index contributed by atoms with van der Waals surface area (Å²) < 4.78 is 1.68. The monoisotopic (exact) mass is 408 g/mol. The van der Waals surface area contributed by atoms with Crippen LogP contribution in [-0.2, 0) is 16.3 Å². The molecule has 1 aliphatic rings. The van der Waals surface area contributed by atoms with Gasteiger partial charge in [-0.3, -0.25) is 14.9 Å². The normalized spacial score (nSPS) is 13.7. The van der Waals surface area contributed by atoms with E-state index in [1.807, 2.05) is 37.3 Å². The molecule has 1 aromatic heterocycles.